The van der Waals surface area contributed by atoms with Crippen LogP contribution in [0.1, 0.15) is 57.8 Å². The van der Waals surface area contributed by atoms with E-state index in [0.717, 1.165) is 50.7 Å². The Balaban J connectivity index is 1.36. The molecule has 3 rings (SSSR count). The van der Waals surface area contributed by atoms with Gasteiger partial charge in [-0.1, -0.05) is 25.7 Å². The molecular formula is C18H29N3O4S. The lowest BCUT2D eigenvalue weighted by atomic mass is 9.94. The summed E-state index contributed by atoms with van der Waals surface area (Å²) in [6, 6.07) is 0.155. The van der Waals surface area contributed by atoms with Crippen molar-refractivity contribution < 1.29 is 19.5 Å². The average Bonchev–Trinajstić information content (AvgIpc) is 3.03. The quantitative estimate of drug-likeness (QED) is 0.305. The van der Waals surface area contributed by atoms with E-state index in [0.29, 0.717) is 18.1 Å². The van der Waals surface area contributed by atoms with E-state index in [4.69, 9.17) is 0 Å². The van der Waals surface area contributed by atoms with Gasteiger partial charge in [-0.15, -0.1) is 0 Å². The molecule has 0 aromatic carbocycles. The molecule has 7 nitrogen and oxygen atoms in total. The second kappa shape index (κ2) is 8.97. The highest BCUT2D eigenvalue weighted by Crippen LogP contribution is 2.33. The van der Waals surface area contributed by atoms with Gasteiger partial charge in [-0.05, 0) is 25.7 Å². The second-order valence-electron chi connectivity index (χ2n) is 7.62. The maximum Gasteiger partial charge on any atom is 0.315 e. The molecule has 1 aliphatic carbocycles. The molecule has 0 aromatic heterocycles. The minimum Gasteiger partial charge on any atom is -0.481 e. The Bertz CT molecular complexity index is 545. The number of carboxylic acids is 1. The van der Waals surface area contributed by atoms with Gasteiger partial charge >= 0.3 is 12.0 Å². The number of unbranched alkanes of at least 4 members (excludes halogenated alkanes) is 1. The second-order valence-corrected chi connectivity index (χ2v) is 8.90. The molecule has 2 heterocycles. The zero-order valence-corrected chi connectivity index (χ0v) is 15.9. The lowest BCUT2D eigenvalue weighted by molar-refractivity contribution is -0.143. The predicted octanol–water partition coefficient (Wildman–Crippen LogP) is 1.86. The molecule has 3 aliphatic rings. The maximum absolute atomic E-state index is 12.2. The summed E-state index contributed by atoms with van der Waals surface area (Å²) in [5.41, 5.74) is 0. The lowest BCUT2D eigenvalue weighted by Crippen LogP contribution is -2.42. The number of fused-ring (bicyclic) bond motifs is 1. The minimum atomic E-state index is -0.794. The van der Waals surface area contributed by atoms with Crippen molar-refractivity contribution in [3.8, 4) is 0 Å². The number of carbonyl (C=O) groups is 3. The largest absolute Gasteiger partial charge is 0.481 e. The van der Waals surface area contributed by atoms with Gasteiger partial charge in [-0.25, -0.2) is 4.79 Å². The number of rotatable bonds is 7. The van der Waals surface area contributed by atoms with Crippen LogP contribution in [0.2, 0.25) is 0 Å². The number of amides is 3. The van der Waals surface area contributed by atoms with E-state index in [9.17, 15) is 19.5 Å². The Morgan fingerprint density at radius 2 is 1.96 bits per heavy atom. The molecule has 4 N–H and O–H groups in total. The highest BCUT2D eigenvalue weighted by molar-refractivity contribution is 8.00. The van der Waals surface area contributed by atoms with Gasteiger partial charge in [-0.2, -0.15) is 11.8 Å². The van der Waals surface area contributed by atoms with Crippen molar-refractivity contribution in [1.82, 2.24) is 16.0 Å². The summed E-state index contributed by atoms with van der Waals surface area (Å²) < 4.78 is 0. The SMILES string of the molecule is O=C(CCCC[C@@H]1SC[C@@H]2NC(=O)N[C@@H]21)N[C@H]1CCCCC[C@H]1C(=O)O. The Kier molecular flexibility index (Phi) is 6.67. The van der Waals surface area contributed by atoms with Crippen LogP contribution in [0.5, 0.6) is 0 Å². The molecule has 3 amide bonds. The third kappa shape index (κ3) is 4.84. The van der Waals surface area contributed by atoms with Crippen molar-refractivity contribution in [3.05, 3.63) is 0 Å². The summed E-state index contributed by atoms with van der Waals surface area (Å²) in [6.45, 7) is 0. The van der Waals surface area contributed by atoms with Crippen LogP contribution in [-0.4, -0.2) is 52.1 Å². The first kappa shape index (κ1) is 19.3. The summed E-state index contributed by atoms with van der Waals surface area (Å²) >= 11 is 1.89. The van der Waals surface area contributed by atoms with Gasteiger partial charge in [0.1, 0.15) is 0 Å². The highest BCUT2D eigenvalue weighted by atomic mass is 32.2. The molecule has 0 unspecified atom stereocenters. The van der Waals surface area contributed by atoms with Gasteiger partial charge in [-0.3, -0.25) is 9.59 Å². The fourth-order valence-electron chi connectivity index (χ4n) is 4.33. The van der Waals surface area contributed by atoms with Crippen molar-refractivity contribution in [1.29, 1.82) is 0 Å². The summed E-state index contributed by atoms with van der Waals surface area (Å²) in [5.74, 6) is -0.327. The first-order chi connectivity index (χ1) is 12.5. The summed E-state index contributed by atoms with van der Waals surface area (Å²) in [7, 11) is 0. The van der Waals surface area contributed by atoms with Crippen molar-refractivity contribution in [2.24, 2.45) is 5.92 Å². The Morgan fingerprint density at radius 3 is 2.77 bits per heavy atom. The zero-order chi connectivity index (χ0) is 18.5. The van der Waals surface area contributed by atoms with E-state index in [1.54, 1.807) is 0 Å². The van der Waals surface area contributed by atoms with E-state index in [1.807, 2.05) is 11.8 Å². The first-order valence-corrected chi connectivity index (χ1v) is 10.8. The van der Waals surface area contributed by atoms with Gasteiger partial charge in [0.25, 0.3) is 0 Å². The summed E-state index contributed by atoms with van der Waals surface area (Å²) in [6.07, 6.45) is 7.54. The molecule has 0 aromatic rings. The number of carbonyl (C=O) groups excluding carboxylic acids is 2. The molecule has 26 heavy (non-hydrogen) atoms. The van der Waals surface area contributed by atoms with Crippen molar-refractivity contribution in [2.75, 3.05) is 5.75 Å². The van der Waals surface area contributed by atoms with Gasteiger partial charge in [0.15, 0.2) is 0 Å². The lowest BCUT2D eigenvalue weighted by Gasteiger charge is -2.23. The van der Waals surface area contributed by atoms with Crippen LogP contribution in [-0.2, 0) is 9.59 Å². The van der Waals surface area contributed by atoms with Crippen LogP contribution in [0.3, 0.4) is 0 Å². The molecule has 5 atom stereocenters. The van der Waals surface area contributed by atoms with Crippen molar-refractivity contribution >= 4 is 29.7 Å². The number of urea groups is 1. The Labute approximate surface area is 158 Å². The molecule has 3 fully saturated rings. The third-order valence-corrected chi connectivity index (χ3v) is 7.27. The smallest absolute Gasteiger partial charge is 0.315 e. The molecule has 0 radical (unpaired) electrons. The Hall–Kier alpha value is -1.44. The standard InChI is InChI=1S/C18H29N3O4S/c22-15(19-12-7-3-1-2-6-11(12)17(23)24)9-5-4-8-14-16-13(10-26-14)20-18(25)21-16/h11-14,16H,1-10H2,(H,19,22)(H,23,24)(H2,20,21,25)/t11-,12+,13+,14+,16+/m1/s1. The third-order valence-electron chi connectivity index (χ3n) is 5.76. The van der Waals surface area contributed by atoms with Crippen molar-refractivity contribution in [3.63, 3.8) is 0 Å². The van der Waals surface area contributed by atoms with Crippen LogP contribution in [0.4, 0.5) is 4.79 Å². The van der Waals surface area contributed by atoms with Crippen LogP contribution in [0.25, 0.3) is 0 Å². The van der Waals surface area contributed by atoms with Gasteiger partial charge in [0.05, 0.1) is 18.0 Å². The van der Waals surface area contributed by atoms with E-state index in [2.05, 4.69) is 16.0 Å². The monoisotopic (exact) mass is 383 g/mol. The van der Waals surface area contributed by atoms with E-state index < -0.39 is 11.9 Å². The minimum absolute atomic E-state index is 0.0315. The number of aliphatic carboxylic acids is 1. The molecule has 0 bridgehead atoms. The molecule has 1 saturated carbocycles. The van der Waals surface area contributed by atoms with Crippen LogP contribution < -0.4 is 16.0 Å². The summed E-state index contributed by atoms with van der Waals surface area (Å²) in [5, 5.41) is 18.7. The van der Waals surface area contributed by atoms with Gasteiger partial charge < -0.3 is 21.1 Å². The van der Waals surface area contributed by atoms with Gasteiger partial charge in [0, 0.05) is 23.5 Å². The van der Waals surface area contributed by atoms with Crippen molar-refractivity contribution in [2.45, 2.75) is 81.2 Å². The van der Waals surface area contributed by atoms with Gasteiger partial charge in [0.2, 0.25) is 5.91 Å². The Morgan fingerprint density at radius 1 is 1.15 bits per heavy atom. The number of thioether (sulfide) groups is 1. The van der Waals surface area contributed by atoms with Crippen LogP contribution in [0.15, 0.2) is 0 Å². The number of hydrogen-bond donors (Lipinski definition) is 4. The number of hydrogen-bond acceptors (Lipinski definition) is 4. The highest BCUT2D eigenvalue weighted by Gasteiger charge is 2.42. The summed E-state index contributed by atoms with van der Waals surface area (Å²) in [4.78, 5) is 35.1. The fraction of sp³-hybridized carbons (Fsp3) is 0.833. The van der Waals surface area contributed by atoms with E-state index in [-0.39, 0.29) is 30.1 Å². The molecule has 146 valence electrons. The zero-order valence-electron chi connectivity index (χ0n) is 15.0. The predicted molar refractivity (Wildman–Crippen MR) is 100 cm³/mol. The van der Waals surface area contributed by atoms with E-state index in [1.165, 1.54) is 0 Å². The maximum atomic E-state index is 12.2. The normalized spacial score (nSPS) is 33.7. The first-order valence-electron chi connectivity index (χ1n) is 9.75. The van der Waals surface area contributed by atoms with Crippen LogP contribution in [0, 0.1) is 5.92 Å². The van der Waals surface area contributed by atoms with E-state index >= 15 is 0 Å². The molecule has 2 saturated heterocycles. The fourth-order valence-corrected chi connectivity index (χ4v) is 5.87. The molecule has 2 aliphatic heterocycles. The molecule has 0 spiro atoms. The molecule has 8 heteroatoms. The topological polar surface area (TPSA) is 108 Å². The average molecular weight is 384 g/mol. The number of carboxylic acid groups (broad SMARTS) is 1. The number of nitrogens with one attached hydrogen (secondary N) is 3. The molecular weight excluding hydrogens is 354 g/mol. The van der Waals surface area contributed by atoms with Crippen LogP contribution >= 0.6 is 11.8 Å².